The minimum Gasteiger partial charge on any atom is -0.484 e. The van der Waals surface area contributed by atoms with Gasteiger partial charge in [-0.05, 0) is 67.7 Å². The first kappa shape index (κ1) is 19.3. The van der Waals surface area contributed by atoms with Crippen molar-refractivity contribution in [3.63, 3.8) is 0 Å². The van der Waals surface area contributed by atoms with Crippen LogP contribution in [-0.2, 0) is 4.79 Å². The van der Waals surface area contributed by atoms with Crippen LogP contribution >= 0.6 is 11.8 Å². The highest BCUT2D eigenvalue weighted by molar-refractivity contribution is 7.98. The molecule has 3 rings (SSSR count). The monoisotopic (exact) mass is 383 g/mol. The summed E-state index contributed by atoms with van der Waals surface area (Å²) < 4.78 is 5.66. The number of hydrogen-bond acceptors (Lipinski definition) is 4. The van der Waals surface area contributed by atoms with Gasteiger partial charge in [0.05, 0.1) is 17.1 Å². The van der Waals surface area contributed by atoms with Gasteiger partial charge in [0, 0.05) is 0 Å². The lowest BCUT2D eigenvalue weighted by molar-refractivity contribution is -0.123. The van der Waals surface area contributed by atoms with Gasteiger partial charge in [-0.25, -0.2) is 4.98 Å². The second kappa shape index (κ2) is 8.95. The number of rotatable bonds is 8. The predicted molar refractivity (Wildman–Crippen MR) is 111 cm³/mol. The standard InChI is InChI=1S/C21H25N3O2S/c1-14-8-9-16(12-15(14)2)26-13-20(25)22-19(10-11-27-3)21-23-17-6-4-5-7-18(17)24-21/h4-9,12,19H,10-11,13H2,1-3H3,(H,22,25)(H,23,24). The van der Waals surface area contributed by atoms with E-state index < -0.39 is 0 Å². The molecule has 0 aliphatic heterocycles. The number of hydrogen-bond donors (Lipinski definition) is 2. The number of H-pyrrole nitrogens is 1. The van der Waals surface area contributed by atoms with E-state index in [1.54, 1.807) is 11.8 Å². The summed E-state index contributed by atoms with van der Waals surface area (Å²) in [6.07, 6.45) is 2.86. The molecule has 0 aliphatic rings. The van der Waals surface area contributed by atoms with Crippen LogP contribution in [0.15, 0.2) is 42.5 Å². The van der Waals surface area contributed by atoms with Crippen LogP contribution in [0.25, 0.3) is 11.0 Å². The Balaban J connectivity index is 1.66. The molecule has 1 aromatic heterocycles. The Labute approximate surface area is 163 Å². The van der Waals surface area contributed by atoms with E-state index in [0.717, 1.165) is 34.6 Å². The molecule has 1 atom stereocenters. The fourth-order valence-corrected chi connectivity index (χ4v) is 3.31. The third kappa shape index (κ3) is 5.04. The summed E-state index contributed by atoms with van der Waals surface area (Å²) in [4.78, 5) is 20.4. The Hall–Kier alpha value is -2.47. The van der Waals surface area contributed by atoms with Gasteiger partial charge in [-0.15, -0.1) is 0 Å². The molecule has 3 aromatic rings. The maximum absolute atomic E-state index is 12.4. The van der Waals surface area contributed by atoms with E-state index in [4.69, 9.17) is 4.74 Å². The summed E-state index contributed by atoms with van der Waals surface area (Å²) in [6.45, 7) is 4.07. The van der Waals surface area contributed by atoms with E-state index in [-0.39, 0.29) is 18.6 Å². The molecule has 27 heavy (non-hydrogen) atoms. The molecule has 0 bridgehead atoms. The number of thioether (sulfide) groups is 1. The van der Waals surface area contributed by atoms with E-state index >= 15 is 0 Å². The van der Waals surface area contributed by atoms with Crippen molar-refractivity contribution in [2.75, 3.05) is 18.6 Å². The second-order valence-corrected chi connectivity index (χ2v) is 7.56. The van der Waals surface area contributed by atoms with Crippen LogP contribution < -0.4 is 10.1 Å². The predicted octanol–water partition coefficient (Wildman–Crippen LogP) is 4.17. The fourth-order valence-electron chi connectivity index (χ4n) is 2.84. The van der Waals surface area contributed by atoms with Crippen LogP contribution in [-0.4, -0.2) is 34.5 Å². The lowest BCUT2D eigenvalue weighted by Gasteiger charge is -2.17. The van der Waals surface area contributed by atoms with Crippen molar-refractivity contribution < 1.29 is 9.53 Å². The smallest absolute Gasteiger partial charge is 0.258 e. The zero-order valence-corrected chi connectivity index (χ0v) is 16.7. The number of nitrogens with one attached hydrogen (secondary N) is 2. The molecule has 6 heteroatoms. The van der Waals surface area contributed by atoms with Crippen molar-refractivity contribution in [1.82, 2.24) is 15.3 Å². The van der Waals surface area contributed by atoms with E-state index in [1.807, 2.05) is 49.4 Å². The molecule has 1 unspecified atom stereocenters. The molecular weight excluding hydrogens is 358 g/mol. The Bertz CT molecular complexity index is 890. The molecule has 1 amide bonds. The number of benzene rings is 2. The van der Waals surface area contributed by atoms with E-state index in [2.05, 4.69) is 28.5 Å². The van der Waals surface area contributed by atoms with Crippen molar-refractivity contribution in [3.8, 4) is 5.75 Å². The first-order valence-electron chi connectivity index (χ1n) is 9.00. The van der Waals surface area contributed by atoms with Gasteiger partial charge in [0.2, 0.25) is 0 Å². The van der Waals surface area contributed by atoms with E-state index in [9.17, 15) is 4.79 Å². The zero-order valence-electron chi connectivity index (χ0n) is 15.9. The van der Waals surface area contributed by atoms with Gasteiger partial charge in [0.25, 0.3) is 5.91 Å². The number of carbonyl (C=O) groups is 1. The number of aromatic nitrogens is 2. The van der Waals surface area contributed by atoms with Crippen LogP contribution in [0.5, 0.6) is 5.75 Å². The normalized spacial score (nSPS) is 12.1. The first-order valence-corrected chi connectivity index (χ1v) is 10.4. The summed E-state index contributed by atoms with van der Waals surface area (Å²) in [7, 11) is 0. The number of carbonyl (C=O) groups excluding carboxylic acids is 1. The lowest BCUT2D eigenvalue weighted by atomic mass is 10.1. The first-order chi connectivity index (χ1) is 13.1. The summed E-state index contributed by atoms with van der Waals surface area (Å²) in [5.41, 5.74) is 4.23. The van der Waals surface area contributed by atoms with Crippen LogP contribution in [0.3, 0.4) is 0 Å². The van der Waals surface area contributed by atoms with E-state index in [0.29, 0.717) is 5.75 Å². The molecule has 0 saturated carbocycles. The van der Waals surface area contributed by atoms with Crippen LogP contribution in [0, 0.1) is 13.8 Å². The third-order valence-corrected chi connectivity index (χ3v) is 5.18. The maximum atomic E-state index is 12.4. The van der Waals surface area contributed by atoms with Gasteiger partial charge < -0.3 is 15.0 Å². The van der Waals surface area contributed by atoms with Crippen molar-refractivity contribution in [2.24, 2.45) is 0 Å². The molecule has 0 spiro atoms. The van der Waals surface area contributed by atoms with Crippen molar-refractivity contribution in [1.29, 1.82) is 0 Å². The molecule has 5 nitrogen and oxygen atoms in total. The number of para-hydroxylation sites is 2. The Morgan fingerprint density at radius 1 is 1.22 bits per heavy atom. The average molecular weight is 384 g/mol. The second-order valence-electron chi connectivity index (χ2n) is 6.58. The van der Waals surface area contributed by atoms with E-state index in [1.165, 1.54) is 5.56 Å². The van der Waals surface area contributed by atoms with Crippen LogP contribution in [0.1, 0.15) is 29.4 Å². The molecule has 0 fully saturated rings. The SMILES string of the molecule is CSCCC(NC(=O)COc1ccc(C)c(C)c1)c1nc2ccccc2[nH]1. The Kier molecular flexibility index (Phi) is 6.40. The quantitative estimate of drug-likeness (QED) is 0.613. The number of fused-ring (bicyclic) bond motifs is 1. The topological polar surface area (TPSA) is 67.0 Å². The molecular formula is C21H25N3O2S. The summed E-state index contributed by atoms with van der Waals surface area (Å²) in [5.74, 6) is 2.27. The maximum Gasteiger partial charge on any atom is 0.258 e. The third-order valence-electron chi connectivity index (χ3n) is 4.53. The molecule has 2 aromatic carbocycles. The summed E-state index contributed by atoms with van der Waals surface area (Å²) in [5, 5.41) is 3.05. The van der Waals surface area contributed by atoms with Gasteiger partial charge in [0.15, 0.2) is 6.61 Å². The average Bonchev–Trinajstić information content (AvgIpc) is 3.10. The van der Waals surface area contributed by atoms with Gasteiger partial charge in [0.1, 0.15) is 11.6 Å². The fraction of sp³-hybridized carbons (Fsp3) is 0.333. The van der Waals surface area contributed by atoms with Crippen molar-refractivity contribution >= 4 is 28.7 Å². The number of amides is 1. The molecule has 2 N–H and O–H groups in total. The minimum absolute atomic E-state index is 0.0154. The summed E-state index contributed by atoms with van der Waals surface area (Å²) >= 11 is 1.75. The molecule has 142 valence electrons. The van der Waals surface area contributed by atoms with Crippen LogP contribution in [0.2, 0.25) is 0 Å². The zero-order chi connectivity index (χ0) is 19.2. The molecule has 0 saturated heterocycles. The van der Waals surface area contributed by atoms with Gasteiger partial charge in [-0.1, -0.05) is 18.2 Å². The van der Waals surface area contributed by atoms with Gasteiger partial charge in [-0.3, -0.25) is 4.79 Å². The van der Waals surface area contributed by atoms with Crippen molar-refractivity contribution in [3.05, 3.63) is 59.4 Å². The summed E-state index contributed by atoms with van der Waals surface area (Å²) in [6, 6.07) is 13.6. The number of aryl methyl sites for hydroxylation is 2. The number of aromatic amines is 1. The van der Waals surface area contributed by atoms with Crippen LogP contribution in [0.4, 0.5) is 0 Å². The molecule has 0 aliphatic carbocycles. The number of imidazole rings is 1. The van der Waals surface area contributed by atoms with Gasteiger partial charge in [-0.2, -0.15) is 11.8 Å². The Morgan fingerprint density at radius 2 is 2.04 bits per heavy atom. The molecule has 0 radical (unpaired) electrons. The minimum atomic E-state index is -0.166. The molecule has 1 heterocycles. The number of ether oxygens (including phenoxy) is 1. The van der Waals surface area contributed by atoms with Gasteiger partial charge >= 0.3 is 0 Å². The highest BCUT2D eigenvalue weighted by Gasteiger charge is 2.18. The lowest BCUT2D eigenvalue weighted by Crippen LogP contribution is -2.33. The number of nitrogens with zero attached hydrogens (tertiary/aromatic N) is 1. The Morgan fingerprint density at radius 3 is 2.78 bits per heavy atom. The highest BCUT2D eigenvalue weighted by Crippen LogP contribution is 2.20. The van der Waals surface area contributed by atoms with Crippen molar-refractivity contribution in [2.45, 2.75) is 26.3 Å². The highest BCUT2D eigenvalue weighted by atomic mass is 32.2. The largest absolute Gasteiger partial charge is 0.484 e.